The first-order valence-electron chi connectivity index (χ1n) is 9.16. The Balaban J connectivity index is 1.57. The summed E-state index contributed by atoms with van der Waals surface area (Å²) in [4.78, 5) is 14.1. The molecule has 0 aromatic heterocycles. The van der Waals surface area contributed by atoms with Crippen molar-refractivity contribution in [1.82, 2.24) is 4.90 Å². The van der Waals surface area contributed by atoms with Gasteiger partial charge in [0.05, 0.1) is 25.4 Å². The summed E-state index contributed by atoms with van der Waals surface area (Å²) in [5.41, 5.74) is 8.02. The maximum absolute atomic E-state index is 11.7. The fourth-order valence-electron chi connectivity index (χ4n) is 3.10. The predicted octanol–water partition coefficient (Wildman–Crippen LogP) is 2.94. The molecule has 0 radical (unpaired) electrons. The summed E-state index contributed by atoms with van der Waals surface area (Å²) in [6.45, 7) is 5.29. The van der Waals surface area contributed by atoms with Crippen molar-refractivity contribution in [2.24, 2.45) is 5.73 Å². The molecule has 0 unspecified atom stereocenters. The van der Waals surface area contributed by atoms with E-state index in [4.69, 9.17) is 15.2 Å². The maximum atomic E-state index is 11.7. The van der Waals surface area contributed by atoms with Gasteiger partial charge in [-0.05, 0) is 42.6 Å². The van der Waals surface area contributed by atoms with Gasteiger partial charge in [-0.15, -0.1) is 0 Å². The van der Waals surface area contributed by atoms with Crippen molar-refractivity contribution in [3.8, 4) is 16.9 Å². The van der Waals surface area contributed by atoms with Crippen LogP contribution in [0.2, 0.25) is 0 Å². The predicted molar refractivity (Wildman–Crippen MR) is 102 cm³/mol. The van der Waals surface area contributed by atoms with Gasteiger partial charge in [0.1, 0.15) is 5.75 Å². The minimum absolute atomic E-state index is 0.429. The van der Waals surface area contributed by atoms with Gasteiger partial charge < -0.3 is 15.2 Å². The summed E-state index contributed by atoms with van der Waals surface area (Å²) >= 11 is 0. The molecule has 0 spiro atoms. The molecule has 0 saturated carbocycles. The Labute approximate surface area is 154 Å². The first-order chi connectivity index (χ1) is 12.7. The number of rotatable bonds is 8. The average Bonchev–Trinajstić information content (AvgIpc) is 2.69. The molecule has 2 aromatic rings. The van der Waals surface area contributed by atoms with Gasteiger partial charge in [-0.25, -0.2) is 0 Å². The number of hydrogen-bond donors (Lipinski definition) is 1. The van der Waals surface area contributed by atoms with Gasteiger partial charge in [-0.1, -0.05) is 36.4 Å². The quantitative estimate of drug-likeness (QED) is 0.740. The smallest absolute Gasteiger partial charge is 0.252 e. The molecular weight excluding hydrogens is 328 g/mol. The highest BCUT2D eigenvalue weighted by atomic mass is 16.5. The zero-order valence-electron chi connectivity index (χ0n) is 15.0. The zero-order valence-corrected chi connectivity index (χ0v) is 15.0. The van der Waals surface area contributed by atoms with E-state index in [9.17, 15) is 4.79 Å². The van der Waals surface area contributed by atoms with Crippen LogP contribution in [0.15, 0.2) is 48.5 Å². The van der Waals surface area contributed by atoms with E-state index in [1.54, 1.807) is 6.07 Å². The van der Waals surface area contributed by atoms with E-state index in [1.165, 1.54) is 0 Å². The first kappa shape index (κ1) is 18.4. The molecule has 1 amide bonds. The largest absolute Gasteiger partial charge is 0.493 e. The van der Waals surface area contributed by atoms with Crippen LogP contribution in [0.25, 0.3) is 11.1 Å². The minimum Gasteiger partial charge on any atom is -0.493 e. The third kappa shape index (κ3) is 5.07. The van der Waals surface area contributed by atoms with Gasteiger partial charge in [0, 0.05) is 13.1 Å². The van der Waals surface area contributed by atoms with Gasteiger partial charge in [-0.2, -0.15) is 0 Å². The van der Waals surface area contributed by atoms with Crippen LogP contribution in [-0.4, -0.2) is 50.3 Å². The molecule has 1 saturated heterocycles. The Bertz CT molecular complexity index is 712. The lowest BCUT2D eigenvalue weighted by atomic mass is 10.0. The maximum Gasteiger partial charge on any atom is 0.252 e. The van der Waals surface area contributed by atoms with E-state index in [0.717, 1.165) is 56.8 Å². The van der Waals surface area contributed by atoms with Crippen molar-refractivity contribution < 1.29 is 14.3 Å². The van der Waals surface area contributed by atoms with Gasteiger partial charge in [0.15, 0.2) is 0 Å². The minimum atomic E-state index is -0.465. The molecule has 1 aliphatic rings. The summed E-state index contributed by atoms with van der Waals surface area (Å²) in [7, 11) is 0. The van der Waals surface area contributed by atoms with Crippen LogP contribution in [-0.2, 0) is 4.74 Å². The molecule has 0 bridgehead atoms. The third-order valence-electron chi connectivity index (χ3n) is 4.58. The summed E-state index contributed by atoms with van der Waals surface area (Å²) in [5.74, 6) is 0.0955. The van der Waals surface area contributed by atoms with Crippen LogP contribution < -0.4 is 10.5 Å². The molecule has 2 aromatic carbocycles. The molecule has 26 heavy (non-hydrogen) atoms. The van der Waals surface area contributed by atoms with Gasteiger partial charge in [0.25, 0.3) is 5.91 Å². The average molecular weight is 354 g/mol. The van der Waals surface area contributed by atoms with E-state index in [0.29, 0.717) is 17.9 Å². The Kier molecular flexibility index (Phi) is 6.63. The molecule has 5 nitrogen and oxygen atoms in total. The molecule has 5 heteroatoms. The fraction of sp³-hybridized carbons (Fsp3) is 0.381. The van der Waals surface area contributed by atoms with Crippen LogP contribution in [0.3, 0.4) is 0 Å². The second-order valence-electron chi connectivity index (χ2n) is 6.45. The molecule has 0 aliphatic carbocycles. The molecule has 3 rings (SSSR count). The van der Waals surface area contributed by atoms with Crippen LogP contribution in [0.5, 0.6) is 5.75 Å². The number of ether oxygens (including phenoxy) is 2. The third-order valence-corrected chi connectivity index (χ3v) is 4.58. The number of unbranched alkanes of at least 4 members (excludes halogenated alkanes) is 1. The lowest BCUT2D eigenvalue weighted by Gasteiger charge is -2.26. The molecule has 0 atom stereocenters. The molecule has 2 N–H and O–H groups in total. The second kappa shape index (κ2) is 9.36. The van der Waals surface area contributed by atoms with Crippen molar-refractivity contribution in [1.29, 1.82) is 0 Å². The number of morpholine rings is 1. The number of nitrogens with two attached hydrogens (primary N) is 1. The van der Waals surface area contributed by atoms with Crippen LogP contribution in [0, 0.1) is 0 Å². The number of benzene rings is 2. The van der Waals surface area contributed by atoms with E-state index in [-0.39, 0.29) is 0 Å². The van der Waals surface area contributed by atoms with E-state index < -0.39 is 5.91 Å². The van der Waals surface area contributed by atoms with Crippen molar-refractivity contribution in [2.45, 2.75) is 12.8 Å². The first-order valence-corrected chi connectivity index (χ1v) is 9.16. The lowest BCUT2D eigenvalue weighted by molar-refractivity contribution is 0.0368. The standard InChI is InChI=1S/C21H26N2O3/c22-21(24)19-9-8-18(17-6-2-1-3-7-17)16-20(19)26-13-5-4-10-23-11-14-25-15-12-23/h1-3,6-9,16H,4-5,10-15H2,(H2,22,24). The number of carbonyl (C=O) groups excluding carboxylic acids is 1. The van der Waals surface area contributed by atoms with Gasteiger partial charge >= 0.3 is 0 Å². The van der Waals surface area contributed by atoms with Crippen molar-refractivity contribution in [2.75, 3.05) is 39.5 Å². The Morgan fingerprint density at radius 2 is 1.81 bits per heavy atom. The Hall–Kier alpha value is -2.37. The summed E-state index contributed by atoms with van der Waals surface area (Å²) < 4.78 is 11.3. The number of primary amides is 1. The monoisotopic (exact) mass is 354 g/mol. The van der Waals surface area contributed by atoms with Crippen molar-refractivity contribution in [3.63, 3.8) is 0 Å². The lowest BCUT2D eigenvalue weighted by Crippen LogP contribution is -2.36. The van der Waals surface area contributed by atoms with Crippen LogP contribution in [0.1, 0.15) is 23.2 Å². The molecule has 1 heterocycles. The topological polar surface area (TPSA) is 64.8 Å². The normalized spacial score (nSPS) is 14.9. The van der Waals surface area contributed by atoms with Gasteiger partial charge in [0.2, 0.25) is 0 Å². The summed E-state index contributed by atoms with van der Waals surface area (Å²) in [6.07, 6.45) is 2.00. The van der Waals surface area contributed by atoms with E-state index in [2.05, 4.69) is 4.90 Å². The Morgan fingerprint density at radius 3 is 2.54 bits per heavy atom. The highest BCUT2D eigenvalue weighted by Gasteiger charge is 2.12. The number of hydrogen-bond acceptors (Lipinski definition) is 4. The SMILES string of the molecule is NC(=O)c1ccc(-c2ccccc2)cc1OCCCCN1CCOCC1. The van der Waals surface area contributed by atoms with Crippen molar-refractivity contribution in [3.05, 3.63) is 54.1 Å². The molecule has 1 aliphatic heterocycles. The number of amides is 1. The number of nitrogens with zero attached hydrogens (tertiary/aromatic N) is 1. The Morgan fingerprint density at radius 1 is 1.04 bits per heavy atom. The second-order valence-corrected chi connectivity index (χ2v) is 6.45. The number of carbonyl (C=O) groups is 1. The van der Waals surface area contributed by atoms with Gasteiger partial charge in [-0.3, -0.25) is 9.69 Å². The summed E-state index contributed by atoms with van der Waals surface area (Å²) in [5, 5.41) is 0. The summed E-state index contributed by atoms with van der Waals surface area (Å²) in [6, 6.07) is 15.6. The highest BCUT2D eigenvalue weighted by molar-refractivity contribution is 5.96. The van der Waals surface area contributed by atoms with Crippen LogP contribution in [0.4, 0.5) is 0 Å². The highest BCUT2D eigenvalue weighted by Crippen LogP contribution is 2.27. The zero-order chi connectivity index (χ0) is 18.2. The van der Waals surface area contributed by atoms with E-state index in [1.807, 2.05) is 42.5 Å². The van der Waals surface area contributed by atoms with E-state index >= 15 is 0 Å². The molecule has 1 fully saturated rings. The van der Waals surface area contributed by atoms with Crippen molar-refractivity contribution >= 4 is 5.91 Å². The van der Waals surface area contributed by atoms with Crippen LogP contribution >= 0.6 is 0 Å². The molecule has 138 valence electrons. The molecular formula is C21H26N2O3. The fourth-order valence-corrected chi connectivity index (χ4v) is 3.10.